The van der Waals surface area contributed by atoms with Crippen molar-refractivity contribution in [3.05, 3.63) is 66.9 Å². The lowest BCUT2D eigenvalue weighted by molar-refractivity contribution is 0.196. The van der Waals surface area contributed by atoms with Gasteiger partial charge in [-0.1, -0.05) is 6.07 Å². The van der Waals surface area contributed by atoms with E-state index in [-0.39, 0.29) is 11.9 Å². The van der Waals surface area contributed by atoms with Crippen LogP contribution >= 0.6 is 0 Å². The zero-order chi connectivity index (χ0) is 18.9. The number of fused-ring (bicyclic) bond motifs is 1. The first kappa shape index (κ1) is 16.9. The fraction of sp³-hybridized carbons (Fsp3) is 0.227. The molecule has 0 bridgehead atoms. The topological polar surface area (TPSA) is 52.3 Å². The van der Waals surface area contributed by atoms with E-state index in [1.807, 2.05) is 28.8 Å². The highest BCUT2D eigenvalue weighted by atomic mass is 19.1. The number of nitrogens with zero attached hydrogens (tertiary/aromatic N) is 4. The molecule has 1 aliphatic carbocycles. The van der Waals surface area contributed by atoms with Crippen molar-refractivity contribution in [1.29, 1.82) is 0 Å². The Morgan fingerprint density at radius 2 is 1.82 bits per heavy atom. The Balaban J connectivity index is 1.71. The van der Waals surface area contributed by atoms with Gasteiger partial charge >= 0.3 is 0 Å². The zero-order valence-corrected chi connectivity index (χ0v) is 15.3. The van der Waals surface area contributed by atoms with Crippen LogP contribution in [0.1, 0.15) is 25.7 Å². The molecule has 1 aliphatic rings. The van der Waals surface area contributed by atoms with E-state index in [9.17, 15) is 4.39 Å². The summed E-state index contributed by atoms with van der Waals surface area (Å²) in [4.78, 5) is 8.45. The molecule has 0 radical (unpaired) electrons. The summed E-state index contributed by atoms with van der Waals surface area (Å²) in [6.45, 7) is 0. The molecule has 3 heterocycles. The molecule has 1 fully saturated rings. The van der Waals surface area contributed by atoms with Crippen LogP contribution in [0.4, 0.5) is 4.39 Å². The largest absolute Gasteiger partial charge is 0.474 e. The van der Waals surface area contributed by atoms with Crippen molar-refractivity contribution in [1.82, 2.24) is 19.6 Å². The molecule has 140 valence electrons. The first-order chi connectivity index (χ1) is 13.8. The van der Waals surface area contributed by atoms with Gasteiger partial charge in [0.2, 0.25) is 5.88 Å². The Morgan fingerprint density at radius 1 is 1.00 bits per heavy atom. The van der Waals surface area contributed by atoms with Crippen LogP contribution in [0.25, 0.3) is 28.0 Å². The molecule has 28 heavy (non-hydrogen) atoms. The standard InChI is InChI=1S/C22H19FN4O/c23-16-10-8-15(9-11-16)22-21(18-12-13-24-14-25-18)19-6-3-7-20(27(19)26-22)28-17-4-1-2-5-17/h3,6-14,17H,1-2,4-5H2. The SMILES string of the molecule is Fc1ccc(-c2nn3c(OC4CCCC4)cccc3c2-c2ccncn2)cc1. The van der Waals surface area contributed by atoms with Crippen LogP contribution < -0.4 is 4.74 Å². The first-order valence-electron chi connectivity index (χ1n) is 9.50. The lowest BCUT2D eigenvalue weighted by Crippen LogP contribution is -2.13. The van der Waals surface area contributed by atoms with Crippen molar-refractivity contribution >= 4 is 5.52 Å². The van der Waals surface area contributed by atoms with Crippen molar-refractivity contribution in [3.63, 3.8) is 0 Å². The highest BCUT2D eigenvalue weighted by molar-refractivity contribution is 5.91. The van der Waals surface area contributed by atoms with Crippen molar-refractivity contribution in [2.75, 3.05) is 0 Å². The maximum atomic E-state index is 13.5. The number of benzene rings is 1. The van der Waals surface area contributed by atoms with Gasteiger partial charge in [0.15, 0.2) is 0 Å². The summed E-state index contributed by atoms with van der Waals surface area (Å²) in [7, 11) is 0. The summed E-state index contributed by atoms with van der Waals surface area (Å²) >= 11 is 0. The van der Waals surface area contributed by atoms with Gasteiger partial charge in [-0.05, 0) is 62.1 Å². The van der Waals surface area contributed by atoms with Gasteiger partial charge in [0.05, 0.1) is 16.8 Å². The molecule has 5 rings (SSSR count). The minimum absolute atomic E-state index is 0.228. The fourth-order valence-electron chi connectivity index (χ4n) is 3.81. The minimum Gasteiger partial charge on any atom is -0.474 e. The van der Waals surface area contributed by atoms with Crippen LogP contribution in [0.15, 0.2) is 61.1 Å². The molecule has 0 amide bonds. The van der Waals surface area contributed by atoms with Gasteiger partial charge in [-0.3, -0.25) is 0 Å². The van der Waals surface area contributed by atoms with Crippen LogP contribution in [0.5, 0.6) is 5.88 Å². The smallest absolute Gasteiger partial charge is 0.215 e. The maximum absolute atomic E-state index is 13.5. The van der Waals surface area contributed by atoms with Crippen LogP contribution in [0.2, 0.25) is 0 Å². The lowest BCUT2D eigenvalue weighted by Gasteiger charge is -2.13. The van der Waals surface area contributed by atoms with Gasteiger partial charge in [-0.2, -0.15) is 9.61 Å². The number of hydrogen-bond acceptors (Lipinski definition) is 4. The summed E-state index contributed by atoms with van der Waals surface area (Å²) in [5.41, 5.74) is 4.11. The third-order valence-corrected chi connectivity index (χ3v) is 5.17. The van der Waals surface area contributed by atoms with Crippen LogP contribution in [-0.4, -0.2) is 25.7 Å². The second kappa shape index (κ2) is 7.03. The predicted molar refractivity (Wildman–Crippen MR) is 104 cm³/mol. The van der Waals surface area contributed by atoms with E-state index < -0.39 is 0 Å². The number of ether oxygens (including phenoxy) is 1. The summed E-state index contributed by atoms with van der Waals surface area (Å²) in [6.07, 6.45) is 8.00. The summed E-state index contributed by atoms with van der Waals surface area (Å²) in [5, 5.41) is 4.84. The van der Waals surface area contributed by atoms with Gasteiger partial charge in [0.25, 0.3) is 0 Å². The molecule has 1 saturated carbocycles. The molecule has 3 aromatic heterocycles. The molecule has 1 aromatic carbocycles. The Bertz CT molecular complexity index is 1100. The van der Waals surface area contributed by atoms with Gasteiger partial charge in [-0.25, -0.2) is 14.4 Å². The molecule has 0 N–H and O–H groups in total. The van der Waals surface area contributed by atoms with Gasteiger partial charge in [0.1, 0.15) is 23.9 Å². The van der Waals surface area contributed by atoms with E-state index in [0.717, 1.165) is 40.9 Å². The number of rotatable bonds is 4. The Morgan fingerprint density at radius 3 is 2.57 bits per heavy atom. The van der Waals surface area contributed by atoms with Crippen molar-refractivity contribution in [2.24, 2.45) is 0 Å². The summed E-state index contributed by atoms with van der Waals surface area (Å²) < 4.78 is 21.5. The Kier molecular flexibility index (Phi) is 4.24. The van der Waals surface area contributed by atoms with E-state index in [2.05, 4.69) is 9.97 Å². The Hall–Kier alpha value is -3.28. The third-order valence-electron chi connectivity index (χ3n) is 5.17. The minimum atomic E-state index is -0.277. The quantitative estimate of drug-likeness (QED) is 0.509. The highest BCUT2D eigenvalue weighted by Gasteiger charge is 2.22. The molecule has 0 spiro atoms. The first-order valence-corrected chi connectivity index (χ1v) is 9.50. The zero-order valence-electron chi connectivity index (χ0n) is 15.3. The van der Waals surface area contributed by atoms with Gasteiger partial charge < -0.3 is 4.74 Å². The lowest BCUT2D eigenvalue weighted by atomic mass is 10.0. The number of hydrogen-bond donors (Lipinski definition) is 0. The second-order valence-corrected chi connectivity index (χ2v) is 7.01. The average molecular weight is 374 g/mol. The second-order valence-electron chi connectivity index (χ2n) is 7.01. The molecule has 4 aromatic rings. The molecule has 0 unspecified atom stereocenters. The van der Waals surface area contributed by atoms with E-state index in [1.54, 1.807) is 18.3 Å². The summed E-state index contributed by atoms with van der Waals surface area (Å²) in [5.74, 6) is 0.439. The van der Waals surface area contributed by atoms with E-state index in [0.29, 0.717) is 5.88 Å². The predicted octanol–water partition coefficient (Wildman–Crippen LogP) is 4.92. The summed E-state index contributed by atoms with van der Waals surface area (Å²) in [6, 6.07) is 14.1. The molecular weight excluding hydrogens is 355 g/mol. The maximum Gasteiger partial charge on any atom is 0.215 e. The number of aromatic nitrogens is 4. The Labute approximate surface area is 161 Å². The van der Waals surface area contributed by atoms with Gasteiger partial charge in [0, 0.05) is 17.8 Å². The van der Waals surface area contributed by atoms with E-state index in [1.165, 1.54) is 31.3 Å². The number of halogens is 1. The van der Waals surface area contributed by atoms with Crippen molar-refractivity contribution < 1.29 is 9.13 Å². The molecule has 6 heteroatoms. The highest BCUT2D eigenvalue weighted by Crippen LogP contribution is 2.36. The third kappa shape index (κ3) is 3.01. The van der Waals surface area contributed by atoms with Crippen molar-refractivity contribution in [2.45, 2.75) is 31.8 Å². The van der Waals surface area contributed by atoms with Crippen LogP contribution in [-0.2, 0) is 0 Å². The monoisotopic (exact) mass is 374 g/mol. The van der Waals surface area contributed by atoms with Gasteiger partial charge in [-0.15, -0.1) is 0 Å². The molecule has 0 aliphatic heterocycles. The van der Waals surface area contributed by atoms with E-state index >= 15 is 0 Å². The number of pyridine rings is 1. The van der Waals surface area contributed by atoms with Crippen LogP contribution in [0, 0.1) is 5.82 Å². The molecule has 0 saturated heterocycles. The van der Waals surface area contributed by atoms with Crippen molar-refractivity contribution in [3.8, 4) is 28.4 Å². The van der Waals surface area contributed by atoms with E-state index in [4.69, 9.17) is 9.84 Å². The average Bonchev–Trinajstić information content (AvgIpc) is 3.37. The normalized spacial score (nSPS) is 14.6. The fourth-order valence-corrected chi connectivity index (χ4v) is 3.81. The molecule has 5 nitrogen and oxygen atoms in total. The van der Waals surface area contributed by atoms with Crippen LogP contribution in [0.3, 0.4) is 0 Å². The molecule has 0 atom stereocenters. The molecular formula is C22H19FN4O.